The molecule has 1 heterocycles. The van der Waals surface area contributed by atoms with Crippen LogP contribution < -0.4 is 34.4 Å². The second-order valence-electron chi connectivity index (χ2n) is 4.30. The van der Waals surface area contributed by atoms with E-state index in [1.807, 2.05) is 0 Å². The zero-order valence-electron chi connectivity index (χ0n) is 12.3. The third-order valence-corrected chi connectivity index (χ3v) is 3.83. The van der Waals surface area contributed by atoms with Crippen molar-refractivity contribution in [3.63, 3.8) is 0 Å². The molecule has 0 atom stereocenters. The molecule has 120 valence electrons. The predicted molar refractivity (Wildman–Crippen MR) is 77.1 cm³/mol. The Morgan fingerprint density at radius 2 is 2.09 bits per heavy atom. The Hall–Kier alpha value is -1.19. The normalized spacial score (nSPS) is 11.0. The Morgan fingerprint density at radius 3 is 2.74 bits per heavy atom. The summed E-state index contributed by atoms with van der Waals surface area (Å²) in [7, 11) is -3.48. The number of anilines is 1. The van der Waals surface area contributed by atoms with Gasteiger partial charge in [0.25, 0.3) is 5.56 Å². The average molecular weight is 353 g/mol. The Kier molecular flexibility index (Phi) is 7.42. The number of aromatic amines is 1. The van der Waals surface area contributed by atoms with Crippen LogP contribution in [0, 0.1) is 0 Å². The first-order valence-corrected chi connectivity index (χ1v) is 8.51. The Morgan fingerprint density at radius 1 is 1.39 bits per heavy atom. The van der Waals surface area contributed by atoms with Gasteiger partial charge in [-0.3, -0.25) is 19.7 Å². The van der Waals surface area contributed by atoms with E-state index >= 15 is 0 Å². The summed E-state index contributed by atoms with van der Waals surface area (Å²) in [5.41, 5.74) is 0.270. The third kappa shape index (κ3) is 6.07. The summed E-state index contributed by atoms with van der Waals surface area (Å²) in [6.07, 6.45) is 0.981. The van der Waals surface area contributed by atoms with Crippen molar-refractivity contribution in [1.29, 1.82) is 0 Å². The number of hydrogen-bond donors (Lipinski definition) is 2. The molecule has 0 aliphatic carbocycles. The fraction of sp³-hybridized carbons (Fsp3) is 0.182. The van der Waals surface area contributed by atoms with Gasteiger partial charge in [-0.1, -0.05) is 18.2 Å². The third-order valence-electron chi connectivity index (χ3n) is 2.54. The number of rotatable bonds is 7. The Balaban J connectivity index is 0.00000264. The van der Waals surface area contributed by atoms with Crippen LogP contribution in [-0.4, -0.2) is 24.5 Å². The van der Waals surface area contributed by atoms with Gasteiger partial charge in [0.15, 0.2) is 0 Å². The van der Waals surface area contributed by atoms with E-state index < -0.39 is 15.6 Å². The summed E-state index contributed by atoms with van der Waals surface area (Å²) in [5, 5.41) is 15.8. The van der Waals surface area contributed by atoms with Crippen molar-refractivity contribution in [2.75, 3.05) is 11.0 Å². The molecule has 0 unspecified atom stereocenters. The van der Waals surface area contributed by atoms with E-state index in [1.54, 1.807) is 24.3 Å². The van der Waals surface area contributed by atoms with Crippen molar-refractivity contribution in [3.05, 3.63) is 46.2 Å². The fourth-order valence-corrected chi connectivity index (χ4v) is 2.72. The van der Waals surface area contributed by atoms with Gasteiger partial charge in [0.1, 0.15) is 5.82 Å². The molecule has 0 bridgehead atoms. The maximum Gasteiger partial charge on any atom is 1.00 e. The molecule has 2 aromatic rings. The first kappa shape index (κ1) is 19.9. The molecule has 12 heteroatoms. The zero-order chi connectivity index (χ0) is 16.2. The van der Waals surface area contributed by atoms with Gasteiger partial charge in [0, 0.05) is 11.0 Å². The molecule has 1 aromatic carbocycles. The van der Waals surface area contributed by atoms with Crippen LogP contribution in [0.2, 0.25) is 0 Å². The molecule has 0 saturated carbocycles. The maximum absolute atomic E-state index is 11.8. The maximum atomic E-state index is 11.8. The van der Waals surface area contributed by atoms with Crippen LogP contribution in [0.5, 0.6) is 0 Å². The summed E-state index contributed by atoms with van der Waals surface area (Å²) in [6, 6.07) is 8.03. The number of H-pyrrole nitrogens is 1. The molecule has 0 amide bonds. The largest absolute Gasteiger partial charge is 1.00 e. The first-order chi connectivity index (χ1) is 10.4. The predicted octanol–water partition coefficient (Wildman–Crippen LogP) is -3.17. The summed E-state index contributed by atoms with van der Waals surface area (Å²) in [5.74, 6) is 0.0665. The van der Waals surface area contributed by atoms with Crippen molar-refractivity contribution in [2.24, 2.45) is 0 Å². The summed E-state index contributed by atoms with van der Waals surface area (Å²) < 4.78 is 30.0. The van der Waals surface area contributed by atoms with Crippen LogP contribution in [-0.2, 0) is 25.9 Å². The van der Waals surface area contributed by atoms with Crippen molar-refractivity contribution in [3.8, 4) is 0 Å². The second kappa shape index (κ2) is 8.60. The van der Waals surface area contributed by atoms with E-state index in [1.165, 1.54) is 4.68 Å². The number of aromatic nitrogens is 2. The fourth-order valence-electron chi connectivity index (χ4n) is 1.74. The van der Waals surface area contributed by atoms with Gasteiger partial charge in [-0.2, -0.15) is 4.33 Å². The van der Waals surface area contributed by atoms with E-state index in [0.717, 1.165) is 12.3 Å². The van der Waals surface area contributed by atoms with E-state index in [-0.39, 0.29) is 31.2 Å². The summed E-state index contributed by atoms with van der Waals surface area (Å²) >= 11 is 0.713. The first-order valence-electron chi connectivity index (χ1n) is 5.88. The summed E-state index contributed by atoms with van der Waals surface area (Å²) in [4.78, 5) is 12.4. The quantitative estimate of drug-likeness (QED) is 0.233. The Labute approximate surface area is 148 Å². The van der Waals surface area contributed by atoms with Gasteiger partial charge in [-0.25, -0.2) is 13.1 Å². The minimum absolute atomic E-state index is 0. The molecular formula is C11H12LiN3O6S2. The summed E-state index contributed by atoms with van der Waals surface area (Å²) in [6.45, 7) is 0.135. The molecule has 0 spiro atoms. The van der Waals surface area contributed by atoms with Gasteiger partial charge in [0.05, 0.1) is 24.8 Å². The topological polar surface area (TPSA) is 125 Å². The van der Waals surface area contributed by atoms with Crippen molar-refractivity contribution in [1.82, 2.24) is 9.78 Å². The van der Waals surface area contributed by atoms with Gasteiger partial charge in [-0.15, -0.1) is 0 Å². The van der Waals surface area contributed by atoms with Gasteiger partial charge < -0.3 is 5.26 Å². The molecule has 2 N–H and O–H groups in total. The van der Waals surface area contributed by atoms with E-state index in [9.17, 15) is 18.5 Å². The number of benzene rings is 1. The standard InChI is InChI=1S/C11H13N3O6S2.Li/c1-22(17,18)13-10-6-11(15)14(12-10)7-8-4-2-3-5-9(8)21-20-19-16;/h2-6,12-13,16H,7H2,1H3;/q;+1/p-1. The molecule has 0 saturated heterocycles. The molecule has 0 aliphatic rings. The van der Waals surface area contributed by atoms with E-state index in [2.05, 4.69) is 19.2 Å². The van der Waals surface area contributed by atoms with Crippen LogP contribution in [0.4, 0.5) is 5.82 Å². The van der Waals surface area contributed by atoms with E-state index in [4.69, 9.17) is 0 Å². The molecule has 23 heavy (non-hydrogen) atoms. The molecule has 9 nitrogen and oxygen atoms in total. The average Bonchev–Trinajstić information content (AvgIpc) is 2.75. The van der Waals surface area contributed by atoms with Crippen LogP contribution in [0.25, 0.3) is 0 Å². The van der Waals surface area contributed by atoms with Crippen molar-refractivity contribution < 1.29 is 41.9 Å². The number of sulfonamides is 1. The zero-order valence-corrected chi connectivity index (χ0v) is 13.9. The van der Waals surface area contributed by atoms with Crippen molar-refractivity contribution in [2.45, 2.75) is 11.4 Å². The molecular weight excluding hydrogens is 341 g/mol. The van der Waals surface area contributed by atoms with Crippen LogP contribution in [0.1, 0.15) is 5.56 Å². The SMILES string of the molecule is CS(=O)(=O)Nc1cc(=O)n(Cc2ccccc2SOO[O-])[nH]1.[Li+]. The minimum Gasteiger partial charge on any atom is -0.691 e. The van der Waals surface area contributed by atoms with Crippen molar-refractivity contribution >= 4 is 27.9 Å². The van der Waals surface area contributed by atoms with Gasteiger partial charge >= 0.3 is 18.9 Å². The molecule has 1 aromatic heterocycles. The Bertz CT molecular complexity index is 804. The molecule has 0 aliphatic heterocycles. The van der Waals surface area contributed by atoms with Crippen LogP contribution in [0.15, 0.2) is 40.0 Å². The minimum atomic E-state index is -3.48. The molecule has 2 rings (SSSR count). The van der Waals surface area contributed by atoms with Crippen LogP contribution >= 0.6 is 12.0 Å². The number of nitrogens with zero attached hydrogens (tertiary/aromatic N) is 1. The van der Waals surface area contributed by atoms with E-state index in [0.29, 0.717) is 22.5 Å². The number of hydrogen-bond acceptors (Lipinski definition) is 7. The van der Waals surface area contributed by atoms with Crippen LogP contribution in [0.3, 0.4) is 0 Å². The molecule has 0 radical (unpaired) electrons. The van der Waals surface area contributed by atoms with Gasteiger partial charge in [0.2, 0.25) is 10.0 Å². The monoisotopic (exact) mass is 353 g/mol. The van der Waals surface area contributed by atoms with Gasteiger partial charge in [-0.05, 0) is 11.6 Å². The second-order valence-corrected chi connectivity index (χ2v) is 6.79. The molecule has 0 fully saturated rings. The smallest absolute Gasteiger partial charge is 0.691 e. The number of nitrogens with one attached hydrogen (secondary N) is 2.